The highest BCUT2D eigenvalue weighted by Crippen LogP contribution is 2.39. The van der Waals surface area contributed by atoms with E-state index < -0.39 is 0 Å². The van der Waals surface area contributed by atoms with Gasteiger partial charge >= 0.3 is 0 Å². The fraction of sp³-hybridized carbons (Fsp3) is 0.591. The van der Waals surface area contributed by atoms with Gasteiger partial charge in [-0.2, -0.15) is 0 Å². The Morgan fingerprint density at radius 1 is 1.05 bits per heavy atom. The average Bonchev–Trinajstić information content (AvgIpc) is 3.73. The minimum absolute atomic E-state index is 0.00926. The van der Waals surface area contributed by atoms with Crippen LogP contribution in [0.2, 0.25) is 0 Å². The second kappa shape index (κ2) is 21.3. The molecule has 0 aliphatic carbocycles. The molecule has 14 heteroatoms. The minimum Gasteiger partial charge on any atom is -0.506 e. The molecule has 316 valence electrons. The van der Waals surface area contributed by atoms with Crippen molar-refractivity contribution in [3.63, 3.8) is 0 Å². The van der Waals surface area contributed by atoms with Crippen LogP contribution in [-0.2, 0) is 38.4 Å². The monoisotopic (exact) mass is 818 g/mol. The van der Waals surface area contributed by atoms with Gasteiger partial charge in [0.2, 0.25) is 5.91 Å². The van der Waals surface area contributed by atoms with E-state index in [2.05, 4.69) is 65.6 Å². The molecule has 3 amide bonds. The van der Waals surface area contributed by atoms with Crippen LogP contribution in [0.3, 0.4) is 0 Å². The minimum atomic E-state index is -0.284. The van der Waals surface area contributed by atoms with Crippen molar-refractivity contribution in [1.29, 1.82) is 0 Å². The van der Waals surface area contributed by atoms with Gasteiger partial charge < -0.3 is 35.0 Å². The summed E-state index contributed by atoms with van der Waals surface area (Å²) >= 11 is 1.54. The molecular weight excluding hydrogens is 757 g/mol. The molecule has 0 unspecified atom stereocenters. The van der Waals surface area contributed by atoms with E-state index in [-0.39, 0.29) is 35.7 Å². The van der Waals surface area contributed by atoms with Crippen LogP contribution in [0.4, 0.5) is 5.69 Å². The van der Waals surface area contributed by atoms with Crippen molar-refractivity contribution in [1.82, 2.24) is 25.2 Å². The number of aromatic nitrogens is 1. The summed E-state index contributed by atoms with van der Waals surface area (Å²) in [5.74, 6) is 0.515. The quantitative estimate of drug-likeness (QED) is 0.0923. The van der Waals surface area contributed by atoms with Gasteiger partial charge in [0.15, 0.2) is 12.4 Å². The van der Waals surface area contributed by atoms with Gasteiger partial charge in [0.05, 0.1) is 30.2 Å². The van der Waals surface area contributed by atoms with Crippen molar-refractivity contribution >= 4 is 34.7 Å². The summed E-state index contributed by atoms with van der Waals surface area (Å²) in [6, 6.07) is 12.1. The van der Waals surface area contributed by atoms with Crippen molar-refractivity contribution in [3.05, 3.63) is 69.2 Å². The van der Waals surface area contributed by atoms with Crippen LogP contribution < -0.4 is 15.4 Å². The maximum Gasteiger partial charge on any atom is 0.296 e. The van der Waals surface area contributed by atoms with E-state index in [1.807, 2.05) is 16.3 Å². The number of phenolic OH excluding ortho intramolecular Hbond substituents is 1. The van der Waals surface area contributed by atoms with E-state index in [9.17, 15) is 19.5 Å². The Labute approximate surface area is 347 Å². The maximum absolute atomic E-state index is 13.2. The molecule has 0 atom stereocenters. The normalized spacial score (nSPS) is 16.6. The van der Waals surface area contributed by atoms with Crippen molar-refractivity contribution in [3.8, 4) is 11.5 Å². The van der Waals surface area contributed by atoms with Crippen LogP contribution in [0.25, 0.3) is 0 Å². The molecule has 3 aliphatic rings. The van der Waals surface area contributed by atoms with E-state index in [0.717, 1.165) is 88.1 Å². The summed E-state index contributed by atoms with van der Waals surface area (Å²) in [7, 11) is 0. The van der Waals surface area contributed by atoms with Gasteiger partial charge in [-0.15, -0.1) is 11.3 Å². The number of hydrogen-bond donors (Lipinski definition) is 3. The third-order valence-corrected chi connectivity index (χ3v) is 12.5. The number of benzene rings is 2. The number of carbonyl (C=O) groups is 3. The third-order valence-electron chi connectivity index (χ3n) is 11.3. The number of fused-ring (bicyclic) bond motifs is 1. The molecule has 1 spiro atoms. The highest BCUT2D eigenvalue weighted by molar-refractivity contribution is 7.09. The Hall–Kier alpha value is -4.08. The Bertz CT molecular complexity index is 1830. The number of aromatic hydroxyl groups is 1. The number of anilines is 1. The molecule has 2 saturated heterocycles. The van der Waals surface area contributed by atoms with Crippen LogP contribution in [0.1, 0.15) is 104 Å². The Morgan fingerprint density at radius 2 is 1.86 bits per heavy atom. The standard InChI is InChI=1S/C44H62N6O7S/c1-4-5-21-49(26-20-45-19-12-35-10-11-37(51)40-41(35)56-30-38(52)47-40)39(53)15-28-55-27-14-34-9-6-8-33(29-34)13-23-48-24-17-44(18-25-48)16-7-22-50(57-44)43(54)36-31-58-42(46-36)32(2)3/h6,8-11,29,31-32,45,51H,4-5,7,12-28,30H2,1-3H3,(H,47,52). The number of nitrogens with zero attached hydrogens (tertiary/aromatic N) is 4. The van der Waals surface area contributed by atoms with Crippen LogP contribution in [0, 0.1) is 0 Å². The van der Waals surface area contributed by atoms with Gasteiger partial charge in [-0.05, 0) is 80.7 Å². The predicted molar refractivity (Wildman–Crippen MR) is 226 cm³/mol. The van der Waals surface area contributed by atoms with E-state index in [4.69, 9.17) is 14.3 Å². The highest BCUT2D eigenvalue weighted by Gasteiger charge is 2.42. The molecule has 3 aliphatic heterocycles. The van der Waals surface area contributed by atoms with E-state index >= 15 is 0 Å². The van der Waals surface area contributed by atoms with Gasteiger partial charge in [-0.3, -0.25) is 19.2 Å². The van der Waals surface area contributed by atoms with Crippen LogP contribution >= 0.6 is 11.3 Å². The number of unbranched alkanes of at least 4 members (excludes halogenated alkanes) is 1. The number of ether oxygens (including phenoxy) is 2. The van der Waals surface area contributed by atoms with Crippen molar-refractivity contribution in [2.24, 2.45) is 0 Å². The molecular formula is C44H62N6O7S. The number of carbonyl (C=O) groups excluding carboxylic acids is 3. The molecule has 0 bridgehead atoms. The Morgan fingerprint density at radius 3 is 2.64 bits per heavy atom. The lowest BCUT2D eigenvalue weighted by molar-refractivity contribution is -0.255. The molecule has 13 nitrogen and oxygen atoms in total. The van der Waals surface area contributed by atoms with Gasteiger partial charge in [0, 0.05) is 57.1 Å². The molecule has 58 heavy (non-hydrogen) atoms. The molecule has 1 aromatic heterocycles. The summed E-state index contributed by atoms with van der Waals surface area (Å²) in [6.07, 6.45) is 8.52. The summed E-state index contributed by atoms with van der Waals surface area (Å²) < 4.78 is 11.5. The summed E-state index contributed by atoms with van der Waals surface area (Å²) in [5, 5.41) is 20.6. The molecule has 3 aromatic rings. The zero-order valence-corrected chi connectivity index (χ0v) is 35.4. The van der Waals surface area contributed by atoms with Gasteiger partial charge in [-0.25, -0.2) is 10.0 Å². The SMILES string of the molecule is CCCCN(CCNCCc1ccc(O)c2c1OCC(=O)N2)C(=O)CCOCCc1cccc(CCN2CCC3(CCCN(C(=O)c4csc(C(C)C)n4)O3)CC2)c1. The number of piperidine rings is 1. The van der Waals surface area contributed by atoms with Crippen LogP contribution in [0.5, 0.6) is 11.5 Å². The zero-order valence-electron chi connectivity index (χ0n) is 34.6. The zero-order chi connectivity index (χ0) is 40.9. The van der Waals surface area contributed by atoms with Gasteiger partial charge in [0.1, 0.15) is 17.1 Å². The van der Waals surface area contributed by atoms with Crippen molar-refractivity contribution < 1.29 is 33.8 Å². The number of nitrogens with one attached hydrogen (secondary N) is 2. The van der Waals surface area contributed by atoms with E-state index in [1.165, 1.54) is 11.1 Å². The second-order valence-corrected chi connectivity index (χ2v) is 16.9. The number of thiazole rings is 1. The van der Waals surface area contributed by atoms with E-state index in [0.29, 0.717) is 75.3 Å². The maximum atomic E-state index is 13.2. The van der Waals surface area contributed by atoms with Crippen molar-refractivity contribution in [2.45, 2.75) is 96.5 Å². The molecule has 3 N–H and O–H groups in total. The molecule has 2 fully saturated rings. The number of phenols is 1. The molecule has 0 radical (unpaired) electrons. The lowest BCUT2D eigenvalue weighted by Crippen LogP contribution is -2.53. The van der Waals surface area contributed by atoms with Crippen LogP contribution in [-0.4, -0.2) is 120 Å². The lowest BCUT2D eigenvalue weighted by Gasteiger charge is -2.46. The molecule has 6 rings (SSSR count). The topological polar surface area (TPSA) is 146 Å². The fourth-order valence-corrected chi connectivity index (χ4v) is 8.65. The van der Waals surface area contributed by atoms with Crippen molar-refractivity contribution in [2.75, 3.05) is 77.5 Å². The Balaban J connectivity index is 0.856. The summed E-state index contributed by atoms with van der Waals surface area (Å²) in [4.78, 5) is 53.5. The first-order valence-corrected chi connectivity index (χ1v) is 22.1. The smallest absolute Gasteiger partial charge is 0.296 e. The predicted octanol–water partition coefficient (Wildman–Crippen LogP) is 5.96. The number of hydroxylamine groups is 2. The number of hydrogen-bond acceptors (Lipinski definition) is 11. The summed E-state index contributed by atoms with van der Waals surface area (Å²) in [5.41, 5.74) is 4.00. The largest absolute Gasteiger partial charge is 0.506 e. The van der Waals surface area contributed by atoms with Gasteiger partial charge in [0.25, 0.3) is 11.8 Å². The second-order valence-electron chi connectivity index (χ2n) is 16.1. The molecule has 4 heterocycles. The number of likely N-dealkylation sites (tertiary alicyclic amines) is 1. The summed E-state index contributed by atoms with van der Waals surface area (Å²) in [6.45, 7) is 13.4. The number of amides is 3. The Kier molecular flexibility index (Phi) is 15.9. The van der Waals surface area contributed by atoms with Crippen LogP contribution in [0.15, 0.2) is 41.8 Å². The average molecular weight is 819 g/mol. The first-order chi connectivity index (χ1) is 28.1. The van der Waals surface area contributed by atoms with Gasteiger partial charge in [-0.1, -0.05) is 57.5 Å². The molecule has 2 aromatic carbocycles. The first-order valence-electron chi connectivity index (χ1n) is 21.2. The first kappa shape index (κ1) is 43.5. The third kappa shape index (κ3) is 12.0. The number of rotatable bonds is 20. The highest BCUT2D eigenvalue weighted by atomic mass is 32.1. The molecule has 0 saturated carbocycles. The fourth-order valence-electron chi connectivity index (χ4n) is 7.84. The van der Waals surface area contributed by atoms with E-state index in [1.54, 1.807) is 22.5 Å². The lowest BCUT2D eigenvalue weighted by atomic mass is 9.86.